The number of hydrogen-bond acceptors (Lipinski definition) is 5. The predicted molar refractivity (Wildman–Crippen MR) is 123 cm³/mol. The van der Waals surface area contributed by atoms with Gasteiger partial charge in [-0.25, -0.2) is 4.39 Å². The lowest BCUT2D eigenvalue weighted by Crippen LogP contribution is -2.38. The topological polar surface area (TPSA) is 65.1 Å². The lowest BCUT2D eigenvalue weighted by molar-refractivity contribution is -0.170. The molecule has 1 amide bonds. The first-order valence-electron chi connectivity index (χ1n) is 11.2. The highest BCUT2D eigenvalue weighted by molar-refractivity contribution is 5.97. The van der Waals surface area contributed by atoms with Crippen LogP contribution in [0, 0.1) is 11.7 Å². The minimum absolute atomic E-state index is 0.0314. The van der Waals surface area contributed by atoms with Crippen molar-refractivity contribution in [3.63, 3.8) is 0 Å². The van der Waals surface area contributed by atoms with E-state index in [1.807, 2.05) is 6.08 Å². The molecule has 1 fully saturated rings. The minimum atomic E-state index is -5.02. The number of methoxy groups -OCH3 is 2. The molecule has 6 nitrogen and oxygen atoms in total. The Morgan fingerprint density at radius 1 is 1.11 bits per heavy atom. The fourth-order valence-corrected chi connectivity index (χ4v) is 5.17. The molecule has 3 unspecified atom stereocenters. The molecule has 1 heterocycles. The second kappa shape index (κ2) is 9.57. The van der Waals surface area contributed by atoms with Gasteiger partial charge in [-0.05, 0) is 60.4 Å². The lowest BCUT2D eigenvalue weighted by Gasteiger charge is -2.31. The Labute approximate surface area is 205 Å². The number of amides is 1. The summed E-state index contributed by atoms with van der Waals surface area (Å²) in [4.78, 5) is 24.9. The van der Waals surface area contributed by atoms with Crippen molar-refractivity contribution in [2.24, 2.45) is 5.92 Å². The fraction of sp³-hybridized carbons (Fsp3) is 0.385. The molecule has 2 aromatic rings. The van der Waals surface area contributed by atoms with E-state index in [0.717, 1.165) is 7.05 Å². The number of carbonyl (C=O) groups is 2. The van der Waals surface area contributed by atoms with Gasteiger partial charge < -0.3 is 19.1 Å². The van der Waals surface area contributed by atoms with Crippen LogP contribution in [0.25, 0.3) is 5.57 Å². The van der Waals surface area contributed by atoms with Crippen molar-refractivity contribution in [2.75, 3.05) is 32.8 Å². The molecular formula is C26H25F4NO5. The Hall–Kier alpha value is -3.40. The van der Waals surface area contributed by atoms with E-state index in [-0.39, 0.29) is 12.3 Å². The largest absolute Gasteiger partial charge is 0.496 e. The van der Waals surface area contributed by atoms with Gasteiger partial charge in [0.1, 0.15) is 11.6 Å². The second-order valence-corrected chi connectivity index (χ2v) is 8.86. The van der Waals surface area contributed by atoms with Crippen LogP contribution in [0.4, 0.5) is 23.2 Å². The normalized spacial score (nSPS) is 23.5. The van der Waals surface area contributed by atoms with Gasteiger partial charge in [-0.3, -0.25) is 9.59 Å². The van der Waals surface area contributed by atoms with Gasteiger partial charge in [-0.1, -0.05) is 12.1 Å². The van der Waals surface area contributed by atoms with Crippen molar-refractivity contribution in [3.05, 3.63) is 65.5 Å². The Balaban J connectivity index is 1.76. The number of rotatable bonds is 5. The van der Waals surface area contributed by atoms with Crippen LogP contribution in [0.3, 0.4) is 0 Å². The predicted octanol–water partition coefficient (Wildman–Crippen LogP) is 4.88. The maximum atomic E-state index is 13.6. The second-order valence-electron chi connectivity index (χ2n) is 8.86. The molecule has 1 aliphatic heterocycles. The Bertz CT molecular complexity index is 1190. The number of benzene rings is 2. The summed E-state index contributed by atoms with van der Waals surface area (Å²) in [7, 11) is 3.78. The summed E-state index contributed by atoms with van der Waals surface area (Å²) in [5, 5.41) is 0. The molecule has 0 N–H and O–H groups in total. The Morgan fingerprint density at radius 2 is 1.81 bits per heavy atom. The zero-order valence-electron chi connectivity index (χ0n) is 19.9. The average Bonchev–Trinajstić information content (AvgIpc) is 3.46. The van der Waals surface area contributed by atoms with Gasteiger partial charge in [0.05, 0.1) is 32.3 Å². The minimum Gasteiger partial charge on any atom is -0.496 e. The molecule has 192 valence electrons. The highest BCUT2D eigenvalue weighted by atomic mass is 19.4. The number of nitrogens with zero attached hydrogens (tertiary/aromatic N) is 1. The van der Waals surface area contributed by atoms with E-state index >= 15 is 0 Å². The average molecular weight is 507 g/mol. The van der Waals surface area contributed by atoms with E-state index in [0.29, 0.717) is 40.2 Å². The molecule has 36 heavy (non-hydrogen) atoms. The fourth-order valence-electron chi connectivity index (χ4n) is 5.17. The molecule has 1 aliphatic carbocycles. The van der Waals surface area contributed by atoms with Crippen LogP contribution in [0.1, 0.15) is 29.9 Å². The molecule has 0 saturated heterocycles. The third kappa shape index (κ3) is 4.57. The first-order valence-corrected chi connectivity index (χ1v) is 11.2. The van der Waals surface area contributed by atoms with Gasteiger partial charge in [-0.2, -0.15) is 13.2 Å². The van der Waals surface area contributed by atoms with E-state index < -0.39 is 41.3 Å². The maximum Gasteiger partial charge on any atom is 0.471 e. The molecule has 1 spiro atoms. The molecular weight excluding hydrogens is 482 g/mol. The number of hydrogen-bond donors (Lipinski definition) is 0. The van der Waals surface area contributed by atoms with E-state index in [1.54, 1.807) is 12.1 Å². The van der Waals surface area contributed by atoms with Crippen LogP contribution in [0.2, 0.25) is 0 Å². The zero-order valence-corrected chi connectivity index (χ0v) is 19.9. The highest BCUT2D eigenvalue weighted by Gasteiger charge is 2.54. The molecule has 2 aliphatic rings. The smallest absolute Gasteiger partial charge is 0.471 e. The van der Waals surface area contributed by atoms with Crippen LogP contribution in [0.5, 0.6) is 5.75 Å². The maximum absolute atomic E-state index is 13.6. The van der Waals surface area contributed by atoms with Gasteiger partial charge >= 0.3 is 18.1 Å². The molecule has 2 aromatic carbocycles. The number of anilines is 1. The Kier molecular flexibility index (Phi) is 6.83. The summed E-state index contributed by atoms with van der Waals surface area (Å²) in [6, 6.07) is 10.1. The van der Waals surface area contributed by atoms with Crippen molar-refractivity contribution >= 4 is 23.1 Å². The van der Waals surface area contributed by atoms with Gasteiger partial charge in [0.25, 0.3) is 0 Å². The van der Waals surface area contributed by atoms with Crippen molar-refractivity contribution in [1.82, 2.24) is 0 Å². The van der Waals surface area contributed by atoms with Crippen molar-refractivity contribution in [1.29, 1.82) is 0 Å². The van der Waals surface area contributed by atoms with Gasteiger partial charge in [0.15, 0.2) is 0 Å². The quantitative estimate of drug-likeness (QED) is 0.427. The summed E-state index contributed by atoms with van der Waals surface area (Å²) < 4.78 is 69.3. The molecule has 10 heteroatoms. The first-order chi connectivity index (χ1) is 17.0. The Morgan fingerprint density at radius 3 is 2.42 bits per heavy atom. The summed E-state index contributed by atoms with van der Waals surface area (Å²) in [6.45, 7) is 0.0995. The van der Waals surface area contributed by atoms with Crippen LogP contribution in [0.15, 0.2) is 48.5 Å². The van der Waals surface area contributed by atoms with E-state index in [2.05, 4.69) is 0 Å². The summed E-state index contributed by atoms with van der Waals surface area (Å²) in [5.41, 5.74) is 0.926. The molecule has 3 atom stereocenters. The summed E-state index contributed by atoms with van der Waals surface area (Å²) in [5.74, 6) is -3.42. The van der Waals surface area contributed by atoms with Crippen molar-refractivity contribution in [2.45, 2.75) is 30.5 Å². The van der Waals surface area contributed by atoms with E-state index in [4.69, 9.17) is 14.2 Å². The standard InChI is InChI=1S/C26H25F4NO5/c1-31(24(33)26(28,29)30)18-8-9-21(34-2)20(12-18)16-13-25(36-14-16)11-10-19(23(32)35-3)22(25)15-4-6-17(27)7-5-15/h4-9,12-13,19,22H,10-11,14H2,1-3H3. The number of halogens is 4. The van der Waals surface area contributed by atoms with Crippen LogP contribution < -0.4 is 9.64 Å². The monoisotopic (exact) mass is 507 g/mol. The third-order valence-electron chi connectivity index (χ3n) is 6.89. The zero-order chi connectivity index (χ0) is 26.3. The third-order valence-corrected chi connectivity index (χ3v) is 6.89. The number of carbonyl (C=O) groups excluding carboxylic acids is 2. The molecule has 0 bridgehead atoms. The van der Waals surface area contributed by atoms with Gasteiger partial charge in [0, 0.05) is 24.2 Å². The summed E-state index contributed by atoms with van der Waals surface area (Å²) in [6.07, 6.45) is -2.22. The van der Waals surface area contributed by atoms with Crippen molar-refractivity contribution in [3.8, 4) is 5.75 Å². The van der Waals surface area contributed by atoms with Crippen molar-refractivity contribution < 1.29 is 41.4 Å². The highest BCUT2D eigenvalue weighted by Crippen LogP contribution is 2.54. The van der Waals surface area contributed by atoms with Gasteiger partial charge in [0.2, 0.25) is 0 Å². The molecule has 0 radical (unpaired) electrons. The van der Waals surface area contributed by atoms with Crippen LogP contribution >= 0.6 is 0 Å². The molecule has 0 aromatic heterocycles. The van der Waals surface area contributed by atoms with Crippen LogP contribution in [-0.2, 0) is 19.1 Å². The van der Waals surface area contributed by atoms with Crippen LogP contribution in [-0.4, -0.2) is 51.5 Å². The number of esters is 1. The number of alkyl halides is 3. The van der Waals surface area contributed by atoms with E-state index in [9.17, 15) is 27.2 Å². The molecule has 4 rings (SSSR count). The number of ether oxygens (including phenoxy) is 3. The SMILES string of the molecule is COC(=O)C1CCC2(C=C(c3cc(N(C)C(=O)C(F)(F)F)ccc3OC)CO2)C1c1ccc(F)cc1. The summed E-state index contributed by atoms with van der Waals surface area (Å²) >= 11 is 0. The van der Waals surface area contributed by atoms with E-state index in [1.165, 1.54) is 44.6 Å². The molecule has 1 saturated carbocycles. The lowest BCUT2D eigenvalue weighted by atomic mass is 9.79. The van der Waals surface area contributed by atoms with Gasteiger partial charge in [-0.15, -0.1) is 0 Å². The first kappa shape index (κ1) is 25.7.